The number of halogens is 1. The van der Waals surface area contributed by atoms with Crippen LogP contribution in [0.25, 0.3) is 11.0 Å². The lowest BCUT2D eigenvalue weighted by Crippen LogP contribution is -2.26. The summed E-state index contributed by atoms with van der Waals surface area (Å²) in [6, 6.07) is 4.05. The van der Waals surface area contributed by atoms with E-state index in [1.54, 1.807) is 13.8 Å². The maximum absolute atomic E-state index is 9.09. The van der Waals surface area contributed by atoms with Crippen molar-refractivity contribution in [2.24, 2.45) is 0 Å². The van der Waals surface area contributed by atoms with E-state index in [0.717, 1.165) is 22.2 Å². The third-order valence-corrected chi connectivity index (χ3v) is 3.21. The molecular formula is C12H13ClN4. The summed E-state index contributed by atoms with van der Waals surface area (Å²) in [5.41, 5.74) is 2.67. The molecule has 0 amide bonds. The fraction of sp³-hybridized carbons (Fsp3) is 0.417. The van der Waals surface area contributed by atoms with Crippen LogP contribution in [-0.2, 0) is 5.54 Å². The largest absolute Gasteiger partial charge is 0.196 e. The predicted octanol–water partition coefficient (Wildman–Crippen LogP) is 2.96. The Balaban J connectivity index is 2.79. The van der Waals surface area contributed by atoms with Crippen LogP contribution in [0.2, 0.25) is 5.02 Å². The summed E-state index contributed by atoms with van der Waals surface area (Å²) >= 11 is 6.11. The Bertz CT molecular complexity index is 634. The van der Waals surface area contributed by atoms with Crippen molar-refractivity contribution in [3.63, 3.8) is 0 Å². The van der Waals surface area contributed by atoms with Crippen LogP contribution in [-0.4, -0.2) is 15.0 Å². The van der Waals surface area contributed by atoms with Crippen molar-refractivity contribution < 1.29 is 0 Å². The monoisotopic (exact) mass is 248 g/mol. The van der Waals surface area contributed by atoms with Crippen molar-refractivity contribution in [3.05, 3.63) is 22.2 Å². The van der Waals surface area contributed by atoms with E-state index in [0.29, 0.717) is 5.02 Å². The molecule has 2 aromatic rings. The van der Waals surface area contributed by atoms with Crippen molar-refractivity contribution in [2.45, 2.75) is 33.2 Å². The molecule has 1 aromatic heterocycles. The predicted molar refractivity (Wildman–Crippen MR) is 66.9 cm³/mol. The van der Waals surface area contributed by atoms with Gasteiger partial charge in [-0.3, -0.25) is 0 Å². The van der Waals surface area contributed by atoms with Crippen LogP contribution in [0, 0.1) is 25.2 Å². The second-order valence-electron chi connectivity index (χ2n) is 4.66. The summed E-state index contributed by atoms with van der Waals surface area (Å²) in [5.74, 6) is 0. The summed E-state index contributed by atoms with van der Waals surface area (Å²) in [4.78, 5) is 1.45. The van der Waals surface area contributed by atoms with Gasteiger partial charge in [-0.2, -0.15) is 20.3 Å². The standard InChI is InChI=1S/C12H13ClN4/c1-7-5-9(13)8(2)11-10(7)15-17(16-11)12(3,4)6-14/h5H,1-4H3. The van der Waals surface area contributed by atoms with E-state index < -0.39 is 5.54 Å². The lowest BCUT2D eigenvalue weighted by atomic mass is 10.1. The number of hydrogen-bond acceptors (Lipinski definition) is 3. The Morgan fingerprint density at radius 1 is 1.29 bits per heavy atom. The molecule has 0 atom stereocenters. The van der Waals surface area contributed by atoms with E-state index in [-0.39, 0.29) is 0 Å². The van der Waals surface area contributed by atoms with Crippen molar-refractivity contribution in [3.8, 4) is 6.07 Å². The van der Waals surface area contributed by atoms with Gasteiger partial charge in [0.2, 0.25) is 0 Å². The summed E-state index contributed by atoms with van der Waals surface area (Å²) in [5, 5.41) is 18.5. The summed E-state index contributed by atoms with van der Waals surface area (Å²) in [6.07, 6.45) is 0. The molecule has 5 heteroatoms. The van der Waals surface area contributed by atoms with Gasteiger partial charge in [0.1, 0.15) is 11.0 Å². The van der Waals surface area contributed by atoms with Crippen molar-refractivity contribution in [1.29, 1.82) is 5.26 Å². The third-order valence-electron chi connectivity index (χ3n) is 2.82. The normalized spacial score (nSPS) is 11.8. The molecule has 0 unspecified atom stereocenters. The first-order chi connectivity index (χ1) is 7.86. The minimum Gasteiger partial charge on any atom is -0.196 e. The minimum absolute atomic E-state index is 0.678. The van der Waals surface area contributed by atoms with Gasteiger partial charge in [0.25, 0.3) is 0 Å². The van der Waals surface area contributed by atoms with Crippen molar-refractivity contribution in [2.75, 3.05) is 0 Å². The first kappa shape index (κ1) is 11.9. The van der Waals surface area contributed by atoms with Gasteiger partial charge >= 0.3 is 0 Å². The highest BCUT2D eigenvalue weighted by atomic mass is 35.5. The number of benzene rings is 1. The fourth-order valence-electron chi connectivity index (χ4n) is 1.60. The SMILES string of the molecule is Cc1cc(Cl)c(C)c2nn(C(C)(C)C#N)nc12. The molecule has 0 spiro atoms. The molecule has 88 valence electrons. The first-order valence-electron chi connectivity index (χ1n) is 5.31. The van der Waals surface area contributed by atoms with Crippen molar-refractivity contribution in [1.82, 2.24) is 15.0 Å². The lowest BCUT2D eigenvalue weighted by molar-refractivity contribution is 0.372. The Morgan fingerprint density at radius 2 is 1.88 bits per heavy atom. The second kappa shape index (κ2) is 3.71. The number of nitriles is 1. The van der Waals surface area contributed by atoms with Crippen LogP contribution in [0.15, 0.2) is 6.07 Å². The Labute approximate surface area is 105 Å². The highest BCUT2D eigenvalue weighted by Gasteiger charge is 2.23. The molecule has 4 nitrogen and oxygen atoms in total. The molecular weight excluding hydrogens is 236 g/mol. The van der Waals surface area contributed by atoms with Crippen LogP contribution in [0.3, 0.4) is 0 Å². The number of aryl methyl sites for hydroxylation is 2. The molecule has 1 heterocycles. The number of hydrogen-bond donors (Lipinski definition) is 0. The second-order valence-corrected chi connectivity index (χ2v) is 5.06. The van der Waals surface area contributed by atoms with Gasteiger partial charge in [0.15, 0.2) is 5.54 Å². The quantitative estimate of drug-likeness (QED) is 0.780. The zero-order valence-corrected chi connectivity index (χ0v) is 11.0. The first-order valence-corrected chi connectivity index (χ1v) is 5.69. The van der Waals surface area contributed by atoms with Gasteiger partial charge in [-0.1, -0.05) is 11.6 Å². The maximum atomic E-state index is 9.09. The van der Waals surface area contributed by atoms with E-state index in [1.807, 2.05) is 19.9 Å². The maximum Gasteiger partial charge on any atom is 0.162 e. The molecule has 1 aromatic carbocycles. The van der Waals surface area contributed by atoms with Crippen LogP contribution < -0.4 is 0 Å². The fourth-order valence-corrected chi connectivity index (χ4v) is 1.85. The number of nitrogens with zero attached hydrogens (tertiary/aromatic N) is 4. The number of fused-ring (bicyclic) bond motifs is 1. The van der Waals surface area contributed by atoms with Gasteiger partial charge in [-0.25, -0.2) is 0 Å². The van der Waals surface area contributed by atoms with Gasteiger partial charge in [0, 0.05) is 5.02 Å². The summed E-state index contributed by atoms with van der Waals surface area (Å²) < 4.78 is 0. The van der Waals surface area contributed by atoms with Gasteiger partial charge < -0.3 is 0 Å². The lowest BCUT2D eigenvalue weighted by Gasteiger charge is -2.12. The highest BCUT2D eigenvalue weighted by Crippen LogP contribution is 2.27. The molecule has 0 saturated carbocycles. The Morgan fingerprint density at radius 3 is 2.47 bits per heavy atom. The number of rotatable bonds is 1. The highest BCUT2D eigenvalue weighted by molar-refractivity contribution is 6.32. The Hall–Kier alpha value is -1.60. The van der Waals surface area contributed by atoms with Crippen LogP contribution in [0.4, 0.5) is 0 Å². The molecule has 0 aliphatic heterocycles. The van der Waals surface area contributed by atoms with Gasteiger partial charge in [0.05, 0.1) is 6.07 Å². The molecule has 0 N–H and O–H groups in total. The zero-order valence-electron chi connectivity index (χ0n) is 10.2. The minimum atomic E-state index is -0.760. The zero-order chi connectivity index (χ0) is 12.8. The number of aromatic nitrogens is 3. The average Bonchev–Trinajstić information content (AvgIpc) is 2.72. The van der Waals surface area contributed by atoms with E-state index in [2.05, 4.69) is 16.3 Å². The van der Waals surface area contributed by atoms with E-state index in [4.69, 9.17) is 16.9 Å². The molecule has 0 aliphatic rings. The molecule has 0 aliphatic carbocycles. The molecule has 0 saturated heterocycles. The molecule has 0 bridgehead atoms. The van der Waals surface area contributed by atoms with Crippen molar-refractivity contribution >= 4 is 22.6 Å². The van der Waals surface area contributed by atoms with E-state index >= 15 is 0 Å². The summed E-state index contributed by atoms with van der Waals surface area (Å²) in [6.45, 7) is 7.39. The van der Waals surface area contributed by atoms with Crippen LogP contribution in [0.1, 0.15) is 25.0 Å². The topological polar surface area (TPSA) is 54.5 Å². The molecule has 17 heavy (non-hydrogen) atoms. The molecule has 0 fully saturated rings. The van der Waals surface area contributed by atoms with Gasteiger partial charge in [-0.05, 0) is 44.9 Å². The third kappa shape index (κ3) is 1.77. The average molecular weight is 249 g/mol. The van der Waals surface area contributed by atoms with Gasteiger partial charge in [-0.15, -0.1) is 0 Å². The Kier molecular flexibility index (Phi) is 2.59. The van der Waals surface area contributed by atoms with Crippen LogP contribution in [0.5, 0.6) is 0 Å². The molecule has 0 radical (unpaired) electrons. The summed E-state index contributed by atoms with van der Waals surface area (Å²) in [7, 11) is 0. The molecule has 2 rings (SSSR count). The smallest absolute Gasteiger partial charge is 0.162 e. The van der Waals surface area contributed by atoms with E-state index in [1.165, 1.54) is 4.80 Å². The van der Waals surface area contributed by atoms with E-state index in [9.17, 15) is 0 Å². The van der Waals surface area contributed by atoms with Crippen LogP contribution >= 0.6 is 11.6 Å².